The third-order valence-electron chi connectivity index (χ3n) is 3.70. The summed E-state index contributed by atoms with van der Waals surface area (Å²) < 4.78 is 10.9. The summed E-state index contributed by atoms with van der Waals surface area (Å²) in [5, 5.41) is 10.8. The molecule has 0 fully saturated rings. The molecule has 1 heterocycles. The number of nitro benzene ring substituents is 1. The first-order chi connectivity index (χ1) is 13.9. The van der Waals surface area contributed by atoms with E-state index < -0.39 is 16.7 Å². The highest BCUT2D eigenvalue weighted by atomic mass is 35.5. The average molecular weight is 416 g/mol. The maximum absolute atomic E-state index is 12.2. The van der Waals surface area contributed by atoms with Crippen molar-refractivity contribution < 1.29 is 23.7 Å². The van der Waals surface area contributed by atoms with Gasteiger partial charge in [-0.3, -0.25) is 30.6 Å². The van der Waals surface area contributed by atoms with E-state index in [4.69, 9.17) is 20.8 Å². The van der Waals surface area contributed by atoms with Crippen LogP contribution in [0, 0.1) is 10.1 Å². The first kappa shape index (κ1) is 19.9. The highest BCUT2D eigenvalue weighted by Crippen LogP contribution is 2.21. The van der Waals surface area contributed by atoms with E-state index in [9.17, 15) is 19.7 Å². The molecule has 3 aromatic rings. The Hall–Kier alpha value is -3.85. The molecule has 148 valence electrons. The summed E-state index contributed by atoms with van der Waals surface area (Å²) in [7, 11) is 0. The molecule has 0 aliphatic rings. The highest BCUT2D eigenvalue weighted by molar-refractivity contribution is 6.34. The molecule has 0 saturated heterocycles. The summed E-state index contributed by atoms with van der Waals surface area (Å²) >= 11 is 5.89. The second kappa shape index (κ2) is 8.89. The number of hydrazine groups is 1. The number of halogens is 1. The van der Waals surface area contributed by atoms with Gasteiger partial charge in [0.05, 0.1) is 15.5 Å². The van der Waals surface area contributed by atoms with Gasteiger partial charge in [-0.15, -0.1) is 0 Å². The number of nitro groups is 1. The van der Waals surface area contributed by atoms with Gasteiger partial charge >= 0.3 is 5.91 Å². The van der Waals surface area contributed by atoms with E-state index >= 15 is 0 Å². The minimum Gasteiger partial charge on any atom is -0.486 e. The van der Waals surface area contributed by atoms with Crippen LogP contribution in [0.25, 0.3) is 0 Å². The molecule has 10 heteroatoms. The fraction of sp³-hybridized carbons (Fsp3) is 0.0526. The monoisotopic (exact) mass is 415 g/mol. The zero-order valence-corrected chi connectivity index (χ0v) is 15.5. The number of hydrogen-bond donors (Lipinski definition) is 2. The fourth-order valence-corrected chi connectivity index (χ4v) is 2.50. The van der Waals surface area contributed by atoms with Crippen LogP contribution in [0.1, 0.15) is 26.7 Å². The standard InChI is InChI=1S/C19H14ClN3O6/c20-16-8-6-12(23(26)27)10-15(16)18(24)21-22-19(25)17-9-7-14(29-17)11-28-13-4-2-1-3-5-13/h1-10H,11H2,(H,21,24)(H,22,25). The van der Waals surface area contributed by atoms with Gasteiger partial charge in [-0.25, -0.2) is 0 Å². The lowest BCUT2D eigenvalue weighted by molar-refractivity contribution is -0.384. The van der Waals surface area contributed by atoms with E-state index in [2.05, 4.69) is 10.9 Å². The number of amides is 2. The number of carbonyl (C=O) groups is 2. The molecule has 2 amide bonds. The Morgan fingerprint density at radius 1 is 1.03 bits per heavy atom. The topological polar surface area (TPSA) is 124 Å². The molecule has 9 nitrogen and oxygen atoms in total. The van der Waals surface area contributed by atoms with Gasteiger partial charge in [-0.2, -0.15) is 0 Å². The van der Waals surface area contributed by atoms with Crippen molar-refractivity contribution in [2.45, 2.75) is 6.61 Å². The van der Waals surface area contributed by atoms with E-state index in [1.165, 1.54) is 18.2 Å². The minimum absolute atomic E-state index is 0.000643. The van der Waals surface area contributed by atoms with Crippen LogP contribution in [0.4, 0.5) is 5.69 Å². The van der Waals surface area contributed by atoms with Gasteiger partial charge in [-0.05, 0) is 30.3 Å². The van der Waals surface area contributed by atoms with E-state index in [0.717, 1.165) is 6.07 Å². The molecule has 3 rings (SSSR count). The summed E-state index contributed by atoms with van der Waals surface area (Å²) in [5.74, 6) is -0.526. The van der Waals surface area contributed by atoms with Crippen molar-refractivity contribution in [3.8, 4) is 5.75 Å². The molecule has 29 heavy (non-hydrogen) atoms. The molecular weight excluding hydrogens is 402 g/mol. The molecule has 0 saturated carbocycles. The van der Waals surface area contributed by atoms with Crippen LogP contribution in [-0.2, 0) is 6.61 Å². The van der Waals surface area contributed by atoms with Crippen molar-refractivity contribution in [1.29, 1.82) is 0 Å². The Morgan fingerprint density at radius 2 is 1.76 bits per heavy atom. The number of furan rings is 1. The Kier molecular flexibility index (Phi) is 6.10. The van der Waals surface area contributed by atoms with E-state index in [-0.39, 0.29) is 28.6 Å². The fourth-order valence-electron chi connectivity index (χ4n) is 2.29. The number of hydrogen-bond acceptors (Lipinski definition) is 6. The van der Waals surface area contributed by atoms with Gasteiger partial charge < -0.3 is 9.15 Å². The first-order valence-electron chi connectivity index (χ1n) is 8.25. The SMILES string of the molecule is O=C(NNC(=O)c1cc([N+](=O)[O-])ccc1Cl)c1ccc(COc2ccccc2)o1. The molecule has 0 radical (unpaired) electrons. The number of ether oxygens (including phenoxy) is 1. The molecule has 0 atom stereocenters. The number of carbonyl (C=O) groups excluding carboxylic acids is 2. The van der Waals surface area contributed by atoms with Crippen molar-refractivity contribution in [3.63, 3.8) is 0 Å². The molecule has 2 aromatic carbocycles. The zero-order valence-electron chi connectivity index (χ0n) is 14.8. The lowest BCUT2D eigenvalue weighted by Crippen LogP contribution is -2.41. The molecule has 2 N–H and O–H groups in total. The number of nitrogens with zero attached hydrogens (tertiary/aromatic N) is 1. The van der Waals surface area contributed by atoms with Crippen LogP contribution in [0.3, 0.4) is 0 Å². The van der Waals surface area contributed by atoms with E-state index in [1.54, 1.807) is 18.2 Å². The summed E-state index contributed by atoms with van der Waals surface area (Å²) in [6.07, 6.45) is 0. The predicted molar refractivity (Wildman–Crippen MR) is 103 cm³/mol. The Labute approximate surface area is 169 Å². The van der Waals surface area contributed by atoms with Gasteiger partial charge in [0, 0.05) is 12.1 Å². The minimum atomic E-state index is -0.814. The summed E-state index contributed by atoms with van der Waals surface area (Å²) in [6.45, 7) is 0.118. The van der Waals surface area contributed by atoms with Gasteiger partial charge in [0.25, 0.3) is 11.6 Å². The third-order valence-corrected chi connectivity index (χ3v) is 4.03. The Bertz CT molecular complexity index is 1050. The predicted octanol–water partition coefficient (Wildman–Crippen LogP) is 3.50. The molecule has 0 bridgehead atoms. The molecular formula is C19H14ClN3O6. The quantitative estimate of drug-likeness (QED) is 0.469. The van der Waals surface area contributed by atoms with Crippen molar-refractivity contribution in [1.82, 2.24) is 10.9 Å². The van der Waals surface area contributed by atoms with Crippen LogP contribution >= 0.6 is 11.6 Å². The number of rotatable bonds is 6. The lowest BCUT2D eigenvalue weighted by atomic mass is 10.2. The molecule has 0 spiro atoms. The Balaban J connectivity index is 1.57. The van der Waals surface area contributed by atoms with Crippen molar-refractivity contribution in [3.05, 3.63) is 92.9 Å². The van der Waals surface area contributed by atoms with Crippen LogP contribution in [-0.4, -0.2) is 16.7 Å². The van der Waals surface area contributed by atoms with Gasteiger partial charge in [-0.1, -0.05) is 29.8 Å². The average Bonchev–Trinajstić information content (AvgIpc) is 3.20. The second-order valence-corrected chi connectivity index (χ2v) is 6.10. The van der Waals surface area contributed by atoms with Crippen LogP contribution < -0.4 is 15.6 Å². The van der Waals surface area contributed by atoms with Crippen molar-refractivity contribution in [2.24, 2.45) is 0 Å². The van der Waals surface area contributed by atoms with Crippen molar-refractivity contribution in [2.75, 3.05) is 0 Å². The number of nitrogens with one attached hydrogen (secondary N) is 2. The Morgan fingerprint density at radius 3 is 2.48 bits per heavy atom. The lowest BCUT2D eigenvalue weighted by Gasteiger charge is -2.07. The highest BCUT2D eigenvalue weighted by Gasteiger charge is 2.18. The molecule has 0 unspecified atom stereocenters. The molecule has 0 aliphatic heterocycles. The summed E-state index contributed by atoms with van der Waals surface area (Å²) in [6, 6.07) is 15.5. The second-order valence-electron chi connectivity index (χ2n) is 5.70. The van der Waals surface area contributed by atoms with Gasteiger partial charge in [0.1, 0.15) is 18.1 Å². The van der Waals surface area contributed by atoms with Gasteiger partial charge in [0.2, 0.25) is 0 Å². The largest absolute Gasteiger partial charge is 0.486 e. The van der Waals surface area contributed by atoms with Crippen LogP contribution in [0.15, 0.2) is 65.1 Å². The number of para-hydroxylation sites is 1. The first-order valence-corrected chi connectivity index (χ1v) is 8.63. The van der Waals surface area contributed by atoms with E-state index in [0.29, 0.717) is 11.5 Å². The zero-order chi connectivity index (χ0) is 20.8. The third kappa shape index (κ3) is 5.11. The van der Waals surface area contributed by atoms with Crippen LogP contribution in [0.2, 0.25) is 5.02 Å². The summed E-state index contributed by atoms with van der Waals surface area (Å²) in [4.78, 5) is 34.4. The maximum Gasteiger partial charge on any atom is 0.305 e. The number of non-ortho nitro benzene ring substituents is 1. The van der Waals surface area contributed by atoms with Crippen molar-refractivity contribution >= 4 is 29.1 Å². The molecule has 1 aromatic heterocycles. The normalized spacial score (nSPS) is 10.2. The molecule has 0 aliphatic carbocycles. The maximum atomic E-state index is 12.2. The smallest absolute Gasteiger partial charge is 0.305 e. The van der Waals surface area contributed by atoms with E-state index in [1.807, 2.05) is 18.2 Å². The van der Waals surface area contributed by atoms with Gasteiger partial charge in [0.15, 0.2) is 5.76 Å². The summed E-state index contributed by atoms with van der Waals surface area (Å²) in [5.41, 5.74) is 3.83. The number of benzene rings is 2. The van der Waals surface area contributed by atoms with Crippen LogP contribution in [0.5, 0.6) is 5.75 Å².